The summed E-state index contributed by atoms with van der Waals surface area (Å²) < 4.78 is 14.2. The Morgan fingerprint density at radius 2 is 1.83 bits per heavy atom. The maximum absolute atomic E-state index is 13.5. The lowest BCUT2D eigenvalue weighted by molar-refractivity contribution is 0.188. The molecule has 1 aromatic heterocycles. The predicted molar refractivity (Wildman–Crippen MR) is 145 cm³/mol. The van der Waals surface area contributed by atoms with Crippen LogP contribution in [0, 0.1) is 5.41 Å². The van der Waals surface area contributed by atoms with Gasteiger partial charge in [0.15, 0.2) is 11.5 Å². The second kappa shape index (κ2) is 10.9. The molecule has 0 bridgehead atoms. The zero-order valence-electron chi connectivity index (χ0n) is 21.0. The van der Waals surface area contributed by atoms with Crippen LogP contribution in [-0.2, 0) is 0 Å². The SMILES string of the molecule is CCOc1cc(C=Nn2c(C3CCCCC3)nc3ccccc3c2=O)c(Br)cc1OCC(C)(C)C. The quantitative estimate of drug-likeness (QED) is 0.306. The Balaban J connectivity index is 1.75. The molecule has 0 aliphatic heterocycles. The summed E-state index contributed by atoms with van der Waals surface area (Å²) in [5, 5.41) is 5.24. The zero-order valence-corrected chi connectivity index (χ0v) is 22.6. The summed E-state index contributed by atoms with van der Waals surface area (Å²) in [6, 6.07) is 11.3. The van der Waals surface area contributed by atoms with E-state index in [9.17, 15) is 4.79 Å². The summed E-state index contributed by atoms with van der Waals surface area (Å²) in [4.78, 5) is 18.3. The van der Waals surface area contributed by atoms with E-state index in [1.54, 1.807) is 6.21 Å². The number of fused-ring (bicyclic) bond motifs is 1. The molecule has 1 aliphatic carbocycles. The van der Waals surface area contributed by atoms with Gasteiger partial charge in [0.2, 0.25) is 0 Å². The van der Waals surface area contributed by atoms with Gasteiger partial charge in [-0.15, -0.1) is 0 Å². The molecule has 1 fully saturated rings. The number of hydrogen-bond donors (Lipinski definition) is 0. The molecule has 4 rings (SSSR count). The van der Waals surface area contributed by atoms with E-state index in [4.69, 9.17) is 14.5 Å². The van der Waals surface area contributed by atoms with Crippen molar-refractivity contribution >= 4 is 33.0 Å². The molecule has 1 aliphatic rings. The van der Waals surface area contributed by atoms with Crippen LogP contribution in [0.25, 0.3) is 10.9 Å². The standard InChI is InChI=1S/C28H34BrN3O3/c1-5-34-24-15-20(22(29)16-25(24)35-18-28(2,3)4)17-30-32-26(19-11-7-6-8-12-19)31-23-14-10-9-13-21(23)27(32)33/h9-10,13-17,19H,5-8,11-12,18H2,1-4H3. The van der Waals surface area contributed by atoms with Gasteiger partial charge in [-0.3, -0.25) is 4.79 Å². The number of para-hydroxylation sites is 1. The van der Waals surface area contributed by atoms with Crippen LogP contribution < -0.4 is 15.0 Å². The maximum atomic E-state index is 13.5. The van der Waals surface area contributed by atoms with E-state index in [0.29, 0.717) is 30.1 Å². The fraction of sp³-hybridized carbons (Fsp3) is 0.464. The maximum Gasteiger partial charge on any atom is 0.282 e. The fourth-order valence-electron chi connectivity index (χ4n) is 4.32. The molecule has 0 N–H and O–H groups in total. The molecule has 35 heavy (non-hydrogen) atoms. The summed E-state index contributed by atoms with van der Waals surface area (Å²) in [6.45, 7) is 9.41. The van der Waals surface area contributed by atoms with Crippen molar-refractivity contribution in [3.05, 3.63) is 62.6 Å². The van der Waals surface area contributed by atoms with E-state index in [2.05, 4.69) is 41.8 Å². The number of aromatic nitrogens is 2. The van der Waals surface area contributed by atoms with Gasteiger partial charge in [0.1, 0.15) is 5.82 Å². The monoisotopic (exact) mass is 539 g/mol. The molecule has 186 valence electrons. The third-order valence-corrected chi connectivity index (χ3v) is 6.77. The van der Waals surface area contributed by atoms with Gasteiger partial charge in [-0.1, -0.05) is 52.2 Å². The van der Waals surface area contributed by atoms with Crippen LogP contribution in [0.1, 0.15) is 77.1 Å². The highest BCUT2D eigenvalue weighted by atomic mass is 79.9. The smallest absolute Gasteiger partial charge is 0.282 e. The summed E-state index contributed by atoms with van der Waals surface area (Å²) in [5.74, 6) is 2.31. The minimum atomic E-state index is -0.140. The van der Waals surface area contributed by atoms with E-state index in [-0.39, 0.29) is 16.9 Å². The number of hydrogen-bond acceptors (Lipinski definition) is 5. The fourth-order valence-corrected chi connectivity index (χ4v) is 4.75. The number of benzene rings is 2. The van der Waals surface area contributed by atoms with Gasteiger partial charge in [0.05, 0.1) is 30.3 Å². The van der Waals surface area contributed by atoms with Gasteiger partial charge in [-0.2, -0.15) is 9.78 Å². The van der Waals surface area contributed by atoms with Crippen molar-refractivity contribution in [1.29, 1.82) is 0 Å². The molecule has 0 saturated heterocycles. The van der Waals surface area contributed by atoms with Crippen molar-refractivity contribution in [2.45, 2.75) is 65.7 Å². The molecule has 0 unspecified atom stereocenters. The number of ether oxygens (including phenoxy) is 2. The van der Waals surface area contributed by atoms with Gasteiger partial charge in [-0.25, -0.2) is 4.98 Å². The van der Waals surface area contributed by atoms with E-state index in [0.717, 1.165) is 47.1 Å². The van der Waals surface area contributed by atoms with Crippen molar-refractivity contribution in [2.75, 3.05) is 13.2 Å². The van der Waals surface area contributed by atoms with Gasteiger partial charge in [0, 0.05) is 16.0 Å². The average Bonchev–Trinajstić information content (AvgIpc) is 2.84. The van der Waals surface area contributed by atoms with E-state index >= 15 is 0 Å². The molecule has 0 radical (unpaired) electrons. The predicted octanol–water partition coefficient (Wildman–Crippen LogP) is 6.91. The third-order valence-electron chi connectivity index (χ3n) is 6.09. The molecule has 0 amide bonds. The lowest BCUT2D eigenvalue weighted by Crippen LogP contribution is -2.25. The van der Waals surface area contributed by atoms with Crippen molar-refractivity contribution in [2.24, 2.45) is 10.5 Å². The Morgan fingerprint density at radius 3 is 2.54 bits per heavy atom. The minimum Gasteiger partial charge on any atom is -0.490 e. The Bertz CT molecular complexity index is 1270. The van der Waals surface area contributed by atoms with E-state index in [1.807, 2.05) is 43.3 Å². The zero-order chi connectivity index (χ0) is 25.0. The Morgan fingerprint density at radius 1 is 1.11 bits per heavy atom. The highest BCUT2D eigenvalue weighted by molar-refractivity contribution is 9.10. The summed E-state index contributed by atoms with van der Waals surface area (Å²) in [7, 11) is 0. The second-order valence-corrected chi connectivity index (χ2v) is 11.1. The third kappa shape index (κ3) is 6.13. The van der Waals surface area contributed by atoms with Crippen molar-refractivity contribution in [1.82, 2.24) is 9.66 Å². The number of nitrogens with zero attached hydrogens (tertiary/aromatic N) is 3. The van der Waals surface area contributed by atoms with Crippen molar-refractivity contribution in [3.8, 4) is 11.5 Å². The number of halogens is 1. The van der Waals surface area contributed by atoms with Crippen LogP contribution in [0.3, 0.4) is 0 Å². The Labute approximate surface area is 215 Å². The highest BCUT2D eigenvalue weighted by Crippen LogP contribution is 2.35. The van der Waals surface area contributed by atoms with Crippen LogP contribution in [-0.4, -0.2) is 29.1 Å². The summed E-state index contributed by atoms with van der Waals surface area (Å²) >= 11 is 3.65. The molecule has 3 aromatic rings. The van der Waals surface area contributed by atoms with Gasteiger partial charge < -0.3 is 9.47 Å². The molecule has 2 aromatic carbocycles. The van der Waals surface area contributed by atoms with Gasteiger partial charge >= 0.3 is 0 Å². The highest BCUT2D eigenvalue weighted by Gasteiger charge is 2.22. The lowest BCUT2D eigenvalue weighted by atomic mass is 9.88. The second-order valence-electron chi connectivity index (χ2n) is 10.3. The molecule has 1 saturated carbocycles. The van der Waals surface area contributed by atoms with Crippen molar-refractivity contribution in [3.63, 3.8) is 0 Å². The molecular formula is C28H34BrN3O3. The average molecular weight is 541 g/mol. The first-order chi connectivity index (χ1) is 16.8. The normalized spacial score (nSPS) is 15.1. The van der Waals surface area contributed by atoms with E-state index < -0.39 is 0 Å². The first-order valence-corrected chi connectivity index (χ1v) is 13.2. The number of rotatable bonds is 7. The van der Waals surface area contributed by atoms with Gasteiger partial charge in [-0.05, 0) is 65.4 Å². The summed E-state index contributed by atoms with van der Waals surface area (Å²) in [6.07, 6.45) is 7.28. The molecule has 6 nitrogen and oxygen atoms in total. The van der Waals surface area contributed by atoms with Gasteiger partial charge in [0.25, 0.3) is 5.56 Å². The molecule has 7 heteroatoms. The first-order valence-electron chi connectivity index (χ1n) is 12.4. The molecule has 0 spiro atoms. The van der Waals surface area contributed by atoms with E-state index in [1.165, 1.54) is 11.1 Å². The molecule has 1 heterocycles. The Kier molecular flexibility index (Phi) is 7.95. The van der Waals surface area contributed by atoms with Crippen LogP contribution >= 0.6 is 15.9 Å². The van der Waals surface area contributed by atoms with Crippen LogP contribution in [0.4, 0.5) is 0 Å². The largest absolute Gasteiger partial charge is 0.490 e. The molecule has 0 atom stereocenters. The Hall–Kier alpha value is -2.67. The van der Waals surface area contributed by atoms with Crippen LogP contribution in [0.2, 0.25) is 0 Å². The first kappa shape index (κ1) is 25.4. The molecular weight excluding hydrogens is 506 g/mol. The van der Waals surface area contributed by atoms with Crippen LogP contribution in [0.15, 0.2) is 50.8 Å². The van der Waals surface area contributed by atoms with Crippen molar-refractivity contribution < 1.29 is 9.47 Å². The summed E-state index contributed by atoms with van der Waals surface area (Å²) in [5.41, 5.74) is 1.41. The van der Waals surface area contributed by atoms with Crippen LogP contribution in [0.5, 0.6) is 11.5 Å². The minimum absolute atomic E-state index is 0.0237. The lowest BCUT2D eigenvalue weighted by Gasteiger charge is -2.23. The topological polar surface area (TPSA) is 65.7 Å².